The van der Waals surface area contributed by atoms with E-state index >= 15 is 0 Å². The number of aliphatic hydroxyl groups excluding tert-OH is 1. The van der Waals surface area contributed by atoms with Crippen molar-refractivity contribution in [3.05, 3.63) is 22.4 Å². The lowest BCUT2D eigenvalue weighted by Gasteiger charge is -2.28. The summed E-state index contributed by atoms with van der Waals surface area (Å²) in [6, 6.07) is 3.05. The molecule has 2 heterocycles. The summed E-state index contributed by atoms with van der Waals surface area (Å²) >= 11 is 1.48. The van der Waals surface area contributed by atoms with E-state index in [4.69, 9.17) is 9.47 Å². The lowest BCUT2D eigenvalue weighted by atomic mass is 10.0. The van der Waals surface area contributed by atoms with Gasteiger partial charge in [-0.3, -0.25) is 0 Å². The Morgan fingerprint density at radius 3 is 2.25 bits per heavy atom. The zero-order valence-corrected chi connectivity index (χ0v) is 12.9. The lowest BCUT2D eigenvalue weighted by molar-refractivity contribution is 0.159. The molecule has 110 valence electrons. The van der Waals surface area contributed by atoms with E-state index < -0.39 is 12.1 Å². The van der Waals surface area contributed by atoms with E-state index in [0.717, 1.165) is 4.88 Å². The largest absolute Gasteiger partial charge is 0.483 e. The first-order valence-corrected chi connectivity index (χ1v) is 7.41. The van der Waals surface area contributed by atoms with Gasteiger partial charge in [0.05, 0.1) is 14.2 Å². The highest BCUT2D eigenvalue weighted by Crippen LogP contribution is 2.28. The minimum absolute atomic E-state index is 0.165. The molecule has 0 fully saturated rings. The smallest absolute Gasteiger partial charge is 0.212 e. The van der Waals surface area contributed by atoms with Gasteiger partial charge in [-0.1, -0.05) is 19.9 Å². The van der Waals surface area contributed by atoms with Crippen molar-refractivity contribution < 1.29 is 14.6 Å². The number of nitrogens with zero attached hydrogens (tertiary/aromatic N) is 2. The Hall–Kier alpha value is -1.40. The van der Waals surface area contributed by atoms with Gasteiger partial charge in [0.1, 0.15) is 12.1 Å². The quantitative estimate of drug-likeness (QED) is 0.930. The third-order valence-corrected chi connectivity index (χ3v) is 4.17. The molecule has 0 radical (unpaired) electrons. The first-order chi connectivity index (χ1) is 9.58. The standard InChI is InChI=1S/C14H20N2O3S/c1-8(2)10-13(18-3)16-11(14(15-10)19-4)12(17)9-6-5-7-20-9/h5-8,10-12,17H,1-4H3/t10-,11+,12+/m0/s1. The van der Waals surface area contributed by atoms with Gasteiger partial charge in [-0.2, -0.15) is 0 Å². The van der Waals surface area contributed by atoms with E-state index in [-0.39, 0.29) is 12.0 Å². The predicted octanol–water partition coefficient (Wildman–Crippen LogP) is 2.28. The van der Waals surface area contributed by atoms with Crippen LogP contribution in [0.2, 0.25) is 0 Å². The van der Waals surface area contributed by atoms with E-state index in [2.05, 4.69) is 9.98 Å². The maximum Gasteiger partial charge on any atom is 0.212 e. The molecule has 5 nitrogen and oxygen atoms in total. The lowest BCUT2D eigenvalue weighted by Crippen LogP contribution is -2.39. The number of aliphatic hydroxyl groups is 1. The highest BCUT2D eigenvalue weighted by atomic mass is 32.1. The summed E-state index contributed by atoms with van der Waals surface area (Å²) in [6.45, 7) is 4.10. The number of hydrogen-bond donors (Lipinski definition) is 1. The van der Waals surface area contributed by atoms with Gasteiger partial charge >= 0.3 is 0 Å². The fourth-order valence-electron chi connectivity index (χ4n) is 2.14. The van der Waals surface area contributed by atoms with E-state index in [1.54, 1.807) is 14.2 Å². The Morgan fingerprint density at radius 1 is 1.15 bits per heavy atom. The average Bonchev–Trinajstić information content (AvgIpc) is 2.99. The molecular formula is C14H20N2O3S. The fourth-order valence-corrected chi connectivity index (χ4v) is 2.88. The molecule has 0 aliphatic carbocycles. The van der Waals surface area contributed by atoms with Crippen LogP contribution >= 0.6 is 11.3 Å². The third-order valence-electron chi connectivity index (χ3n) is 3.22. The highest BCUT2D eigenvalue weighted by molar-refractivity contribution is 7.10. The molecule has 1 aliphatic heterocycles. The molecule has 1 aliphatic rings. The van der Waals surface area contributed by atoms with Crippen molar-refractivity contribution in [3.63, 3.8) is 0 Å². The van der Waals surface area contributed by atoms with Crippen LogP contribution in [0, 0.1) is 5.92 Å². The maximum atomic E-state index is 10.5. The Morgan fingerprint density at radius 2 is 1.75 bits per heavy atom. The Balaban J connectivity index is 2.32. The Bertz CT molecular complexity index is 497. The Kier molecular flexibility index (Phi) is 4.77. The monoisotopic (exact) mass is 296 g/mol. The van der Waals surface area contributed by atoms with Crippen LogP contribution in [0.1, 0.15) is 24.8 Å². The molecule has 2 rings (SSSR count). The van der Waals surface area contributed by atoms with Crippen molar-refractivity contribution in [2.45, 2.75) is 32.0 Å². The van der Waals surface area contributed by atoms with Gasteiger partial charge in [0, 0.05) is 4.88 Å². The first-order valence-electron chi connectivity index (χ1n) is 6.53. The number of methoxy groups -OCH3 is 2. The molecule has 0 aromatic carbocycles. The van der Waals surface area contributed by atoms with Crippen LogP contribution in [0.25, 0.3) is 0 Å². The molecule has 0 unspecified atom stereocenters. The summed E-state index contributed by atoms with van der Waals surface area (Å²) in [5, 5.41) is 12.4. The number of hydrogen-bond acceptors (Lipinski definition) is 6. The molecule has 0 amide bonds. The minimum atomic E-state index is -0.771. The molecule has 1 aromatic rings. The van der Waals surface area contributed by atoms with E-state index in [0.29, 0.717) is 11.8 Å². The summed E-state index contributed by atoms with van der Waals surface area (Å²) < 4.78 is 10.7. The van der Waals surface area contributed by atoms with Crippen LogP contribution in [0.4, 0.5) is 0 Å². The summed E-state index contributed by atoms with van der Waals surface area (Å²) in [4.78, 5) is 9.89. The van der Waals surface area contributed by atoms with Crippen LogP contribution in [0.5, 0.6) is 0 Å². The number of aliphatic imine (C=N–C) groups is 2. The normalized spacial score (nSPS) is 24.1. The van der Waals surface area contributed by atoms with Gasteiger partial charge in [-0.05, 0) is 17.4 Å². The fraction of sp³-hybridized carbons (Fsp3) is 0.571. The van der Waals surface area contributed by atoms with Gasteiger partial charge in [0.15, 0.2) is 6.04 Å². The third kappa shape index (κ3) is 2.86. The molecule has 1 aromatic heterocycles. The molecule has 0 saturated carbocycles. The summed E-state index contributed by atoms with van der Waals surface area (Å²) in [7, 11) is 3.13. The maximum absolute atomic E-state index is 10.5. The zero-order valence-electron chi connectivity index (χ0n) is 12.1. The Labute approximate surface area is 123 Å². The predicted molar refractivity (Wildman–Crippen MR) is 80.6 cm³/mol. The van der Waals surface area contributed by atoms with Crippen LogP contribution in [-0.4, -0.2) is 43.2 Å². The van der Waals surface area contributed by atoms with Crippen LogP contribution in [0.15, 0.2) is 27.5 Å². The molecule has 0 bridgehead atoms. The van der Waals surface area contributed by atoms with Crippen molar-refractivity contribution in [2.24, 2.45) is 15.9 Å². The number of rotatable bonds is 3. The molecular weight excluding hydrogens is 276 g/mol. The van der Waals surface area contributed by atoms with E-state index in [1.807, 2.05) is 31.4 Å². The van der Waals surface area contributed by atoms with Crippen molar-refractivity contribution in [2.75, 3.05) is 14.2 Å². The van der Waals surface area contributed by atoms with Crippen LogP contribution in [0.3, 0.4) is 0 Å². The summed E-state index contributed by atoms with van der Waals surface area (Å²) in [6.07, 6.45) is -0.771. The van der Waals surface area contributed by atoms with Gasteiger partial charge in [-0.25, -0.2) is 9.98 Å². The van der Waals surface area contributed by atoms with Crippen molar-refractivity contribution in [1.29, 1.82) is 0 Å². The zero-order chi connectivity index (χ0) is 14.7. The van der Waals surface area contributed by atoms with Gasteiger partial charge in [0.25, 0.3) is 0 Å². The molecule has 6 heteroatoms. The second-order valence-electron chi connectivity index (χ2n) is 4.94. The molecule has 0 saturated heterocycles. The van der Waals surface area contributed by atoms with Crippen molar-refractivity contribution >= 4 is 23.1 Å². The second-order valence-corrected chi connectivity index (χ2v) is 5.92. The first kappa shape index (κ1) is 15.0. The highest BCUT2D eigenvalue weighted by Gasteiger charge is 2.35. The van der Waals surface area contributed by atoms with Crippen molar-refractivity contribution in [1.82, 2.24) is 0 Å². The summed E-state index contributed by atoms with van der Waals surface area (Å²) in [5.41, 5.74) is 0. The second kappa shape index (κ2) is 6.37. The van der Waals surface area contributed by atoms with E-state index in [9.17, 15) is 5.11 Å². The van der Waals surface area contributed by atoms with Gasteiger partial charge < -0.3 is 14.6 Å². The average molecular weight is 296 g/mol. The molecule has 0 spiro atoms. The molecule has 1 N–H and O–H groups in total. The number of ether oxygens (including phenoxy) is 2. The van der Waals surface area contributed by atoms with E-state index in [1.165, 1.54) is 11.3 Å². The van der Waals surface area contributed by atoms with Crippen LogP contribution in [-0.2, 0) is 9.47 Å². The SMILES string of the molecule is COC1=N[C@H]([C@H](O)c2cccs2)C(OC)=N[C@H]1C(C)C. The van der Waals surface area contributed by atoms with Gasteiger partial charge in [0.2, 0.25) is 11.8 Å². The van der Waals surface area contributed by atoms with Crippen molar-refractivity contribution in [3.8, 4) is 0 Å². The summed E-state index contributed by atoms with van der Waals surface area (Å²) in [5.74, 6) is 1.24. The number of thiophene rings is 1. The topological polar surface area (TPSA) is 63.4 Å². The molecule has 3 atom stereocenters. The minimum Gasteiger partial charge on any atom is -0.483 e. The van der Waals surface area contributed by atoms with Gasteiger partial charge in [-0.15, -0.1) is 11.3 Å². The molecule has 20 heavy (non-hydrogen) atoms. The van der Waals surface area contributed by atoms with Crippen LogP contribution < -0.4 is 0 Å².